The highest BCUT2D eigenvalue weighted by Crippen LogP contribution is 2.07. The fourth-order valence-corrected chi connectivity index (χ4v) is 1.07. The summed E-state index contributed by atoms with van der Waals surface area (Å²) in [5.74, 6) is -0.311. The molecule has 72 valence electrons. The quantitative estimate of drug-likeness (QED) is 0.526. The molecule has 0 aliphatic rings. The average molecular weight is 248 g/mol. The molecule has 0 aromatic rings. The number of allylic oxidation sites excluding steroid dienone is 1. The van der Waals surface area contributed by atoms with Crippen molar-refractivity contribution in [3.05, 3.63) is 10.6 Å². The summed E-state index contributed by atoms with van der Waals surface area (Å²) in [5, 5.41) is 0. The maximum absolute atomic E-state index is 11.3. The third-order valence-corrected chi connectivity index (χ3v) is 1.95. The van der Waals surface area contributed by atoms with E-state index in [1.807, 2.05) is 0 Å². The van der Waals surface area contributed by atoms with Gasteiger partial charge in [0.15, 0.2) is 0 Å². The lowest BCUT2D eigenvalue weighted by atomic mass is 10.4. The van der Waals surface area contributed by atoms with Gasteiger partial charge in [-0.1, -0.05) is 0 Å². The van der Waals surface area contributed by atoms with Gasteiger partial charge in [0.25, 0.3) is 5.91 Å². The van der Waals surface area contributed by atoms with Gasteiger partial charge < -0.3 is 9.69 Å². The van der Waals surface area contributed by atoms with Crippen molar-refractivity contribution in [3.8, 4) is 0 Å². The standard InChI is InChI=1S/C8H10BrNO3/c1-10(4-2-5-11)8(13)7(9)3-6-12/h3,5-6H,2,4H2,1H3/b7-3+. The van der Waals surface area contributed by atoms with Crippen LogP contribution in [0, 0.1) is 0 Å². The minimum absolute atomic E-state index is 0.191. The maximum atomic E-state index is 11.3. The molecule has 0 fully saturated rings. The molecule has 0 saturated heterocycles. The van der Waals surface area contributed by atoms with Gasteiger partial charge in [0.05, 0.1) is 4.48 Å². The molecule has 0 spiro atoms. The molecular weight excluding hydrogens is 238 g/mol. The van der Waals surface area contributed by atoms with E-state index in [-0.39, 0.29) is 10.4 Å². The van der Waals surface area contributed by atoms with Crippen molar-refractivity contribution in [2.45, 2.75) is 6.42 Å². The summed E-state index contributed by atoms with van der Waals surface area (Å²) < 4.78 is 0.191. The highest BCUT2D eigenvalue weighted by molar-refractivity contribution is 9.12. The molecule has 1 amide bonds. The summed E-state index contributed by atoms with van der Waals surface area (Å²) in [6.07, 6.45) is 2.68. The normalized spacial score (nSPS) is 10.8. The molecule has 4 nitrogen and oxygen atoms in total. The summed E-state index contributed by atoms with van der Waals surface area (Å²) in [5.41, 5.74) is 0. The number of likely N-dealkylation sites (N-methyl/N-ethyl adjacent to an activating group) is 1. The van der Waals surface area contributed by atoms with Gasteiger partial charge in [0.1, 0.15) is 12.6 Å². The zero-order valence-electron chi connectivity index (χ0n) is 7.20. The van der Waals surface area contributed by atoms with Crippen LogP contribution in [0.2, 0.25) is 0 Å². The fourth-order valence-electron chi connectivity index (χ4n) is 0.661. The van der Waals surface area contributed by atoms with Gasteiger partial charge in [-0.25, -0.2) is 0 Å². The topological polar surface area (TPSA) is 54.5 Å². The largest absolute Gasteiger partial charge is 0.341 e. The van der Waals surface area contributed by atoms with Gasteiger partial charge in [-0.2, -0.15) is 0 Å². The van der Waals surface area contributed by atoms with Crippen molar-refractivity contribution in [2.75, 3.05) is 13.6 Å². The summed E-state index contributed by atoms with van der Waals surface area (Å²) in [6.45, 7) is 0.351. The van der Waals surface area contributed by atoms with Crippen LogP contribution in [0.1, 0.15) is 6.42 Å². The van der Waals surface area contributed by atoms with Crippen LogP contribution in [0.3, 0.4) is 0 Å². The fraction of sp³-hybridized carbons (Fsp3) is 0.375. The minimum Gasteiger partial charge on any atom is -0.341 e. The lowest BCUT2D eigenvalue weighted by molar-refractivity contribution is -0.125. The number of nitrogens with zero attached hydrogens (tertiary/aromatic N) is 1. The Balaban J connectivity index is 4.16. The van der Waals surface area contributed by atoms with E-state index in [0.717, 1.165) is 12.4 Å². The van der Waals surface area contributed by atoms with E-state index in [0.29, 0.717) is 19.3 Å². The van der Waals surface area contributed by atoms with Crippen molar-refractivity contribution in [1.29, 1.82) is 0 Å². The van der Waals surface area contributed by atoms with E-state index in [1.165, 1.54) is 4.90 Å². The Morgan fingerprint density at radius 3 is 2.54 bits per heavy atom. The van der Waals surface area contributed by atoms with Crippen LogP contribution >= 0.6 is 15.9 Å². The van der Waals surface area contributed by atoms with Gasteiger partial charge in [-0.3, -0.25) is 9.59 Å². The molecule has 0 unspecified atom stereocenters. The number of amides is 1. The molecule has 0 N–H and O–H groups in total. The number of carbonyl (C=O) groups is 3. The maximum Gasteiger partial charge on any atom is 0.260 e. The smallest absolute Gasteiger partial charge is 0.260 e. The first kappa shape index (κ1) is 12.0. The van der Waals surface area contributed by atoms with Crippen molar-refractivity contribution >= 4 is 34.4 Å². The summed E-state index contributed by atoms with van der Waals surface area (Å²) in [6, 6.07) is 0. The first-order valence-corrected chi connectivity index (χ1v) is 4.42. The Hall–Kier alpha value is -0.970. The molecule has 0 saturated carbocycles. The van der Waals surface area contributed by atoms with Crippen molar-refractivity contribution < 1.29 is 14.4 Å². The number of rotatable bonds is 5. The Kier molecular flexibility index (Phi) is 6.05. The van der Waals surface area contributed by atoms with E-state index in [4.69, 9.17) is 0 Å². The number of hydrogen-bond donors (Lipinski definition) is 0. The lowest BCUT2D eigenvalue weighted by Gasteiger charge is -2.14. The van der Waals surface area contributed by atoms with Crippen molar-refractivity contribution in [1.82, 2.24) is 4.90 Å². The highest BCUT2D eigenvalue weighted by atomic mass is 79.9. The number of hydrogen-bond acceptors (Lipinski definition) is 3. The summed E-state index contributed by atoms with van der Waals surface area (Å²) in [4.78, 5) is 32.7. The molecule has 0 atom stereocenters. The van der Waals surface area contributed by atoms with E-state index in [1.54, 1.807) is 7.05 Å². The third-order valence-electron chi connectivity index (χ3n) is 1.35. The average Bonchev–Trinajstić information content (AvgIpc) is 2.13. The van der Waals surface area contributed by atoms with Crippen LogP contribution in [0.5, 0.6) is 0 Å². The molecule has 0 aliphatic heterocycles. The van der Waals surface area contributed by atoms with Gasteiger partial charge in [-0.15, -0.1) is 0 Å². The van der Waals surface area contributed by atoms with Crippen LogP contribution in [0.25, 0.3) is 0 Å². The van der Waals surface area contributed by atoms with Crippen LogP contribution in [0.15, 0.2) is 10.6 Å². The lowest BCUT2D eigenvalue weighted by Crippen LogP contribution is -2.27. The van der Waals surface area contributed by atoms with Crippen molar-refractivity contribution in [3.63, 3.8) is 0 Å². The van der Waals surface area contributed by atoms with Gasteiger partial charge in [0, 0.05) is 20.0 Å². The number of carbonyl (C=O) groups excluding carboxylic acids is 3. The molecule has 0 aromatic carbocycles. The van der Waals surface area contributed by atoms with Crippen LogP contribution in [-0.2, 0) is 14.4 Å². The second-order valence-corrected chi connectivity index (χ2v) is 3.19. The van der Waals surface area contributed by atoms with E-state index >= 15 is 0 Å². The first-order valence-electron chi connectivity index (χ1n) is 3.63. The molecule has 0 aliphatic carbocycles. The number of aldehydes is 2. The van der Waals surface area contributed by atoms with Crippen LogP contribution in [0.4, 0.5) is 0 Å². The van der Waals surface area contributed by atoms with E-state index in [9.17, 15) is 14.4 Å². The zero-order chi connectivity index (χ0) is 10.3. The molecule has 0 radical (unpaired) electrons. The Labute approximate surface area is 84.7 Å². The second kappa shape index (κ2) is 6.54. The van der Waals surface area contributed by atoms with Gasteiger partial charge in [0.2, 0.25) is 0 Å². The molecule has 0 heterocycles. The Bertz CT molecular complexity index is 238. The third kappa shape index (κ3) is 4.57. The molecule has 0 rings (SSSR count). The molecular formula is C8H10BrNO3. The molecule has 0 bridgehead atoms. The van der Waals surface area contributed by atoms with Crippen molar-refractivity contribution in [2.24, 2.45) is 0 Å². The summed E-state index contributed by atoms with van der Waals surface area (Å²) >= 11 is 2.95. The summed E-state index contributed by atoms with van der Waals surface area (Å²) in [7, 11) is 1.56. The van der Waals surface area contributed by atoms with Crippen LogP contribution in [-0.4, -0.2) is 37.0 Å². The SMILES string of the molecule is CN(CCC=O)C(=O)/C(Br)=C\C=O. The number of halogens is 1. The predicted octanol–water partition coefficient (Wildman–Crippen LogP) is 0.512. The van der Waals surface area contributed by atoms with Crippen LogP contribution < -0.4 is 0 Å². The Morgan fingerprint density at radius 2 is 2.08 bits per heavy atom. The molecule has 0 aromatic heterocycles. The Morgan fingerprint density at radius 1 is 1.46 bits per heavy atom. The van der Waals surface area contributed by atoms with Gasteiger partial charge >= 0.3 is 0 Å². The predicted molar refractivity (Wildman–Crippen MR) is 51.4 cm³/mol. The monoisotopic (exact) mass is 247 g/mol. The highest BCUT2D eigenvalue weighted by Gasteiger charge is 2.10. The van der Waals surface area contributed by atoms with Gasteiger partial charge in [-0.05, 0) is 22.0 Å². The van der Waals surface area contributed by atoms with E-state index < -0.39 is 0 Å². The van der Waals surface area contributed by atoms with E-state index in [2.05, 4.69) is 15.9 Å². The minimum atomic E-state index is -0.311. The molecule has 13 heavy (non-hydrogen) atoms. The zero-order valence-corrected chi connectivity index (χ0v) is 8.78. The first-order chi connectivity index (χ1) is 6.13. The molecule has 5 heteroatoms. The second-order valence-electron chi connectivity index (χ2n) is 2.33.